The maximum atomic E-state index is 12.2. The number of amides is 1. The minimum absolute atomic E-state index is 0.0194. The standard InChI is InChI=1S/C14H20N2O3/c1-15(8-9-16-6-2-3-7-16)14(19)12-10-11(17)4-5-13(12)18/h4-5,10,17-18H,2-3,6-9H2,1H3. The second-order valence-electron chi connectivity index (χ2n) is 4.98. The van der Waals surface area contributed by atoms with Gasteiger partial charge < -0.3 is 20.0 Å². The SMILES string of the molecule is CN(CCN1CCCC1)C(=O)c1cc(O)ccc1O. The topological polar surface area (TPSA) is 64.0 Å². The molecule has 5 nitrogen and oxygen atoms in total. The molecule has 1 fully saturated rings. The number of hydrogen-bond donors (Lipinski definition) is 2. The van der Waals surface area contributed by atoms with Gasteiger partial charge in [0.1, 0.15) is 11.5 Å². The van der Waals surface area contributed by atoms with Gasteiger partial charge in [0.05, 0.1) is 5.56 Å². The highest BCUT2D eigenvalue weighted by Gasteiger charge is 2.18. The van der Waals surface area contributed by atoms with E-state index in [4.69, 9.17) is 0 Å². The monoisotopic (exact) mass is 264 g/mol. The van der Waals surface area contributed by atoms with E-state index in [0.29, 0.717) is 6.54 Å². The van der Waals surface area contributed by atoms with Gasteiger partial charge in [0.2, 0.25) is 0 Å². The zero-order valence-electron chi connectivity index (χ0n) is 11.2. The van der Waals surface area contributed by atoms with Crippen LogP contribution in [0.15, 0.2) is 18.2 Å². The summed E-state index contributed by atoms with van der Waals surface area (Å²) in [7, 11) is 1.71. The Morgan fingerprint density at radius 1 is 1.32 bits per heavy atom. The molecule has 1 saturated heterocycles. The third-order valence-electron chi connectivity index (χ3n) is 3.51. The van der Waals surface area contributed by atoms with E-state index >= 15 is 0 Å². The summed E-state index contributed by atoms with van der Waals surface area (Å²) < 4.78 is 0. The Morgan fingerprint density at radius 3 is 2.68 bits per heavy atom. The van der Waals surface area contributed by atoms with Crippen LogP contribution in [0.2, 0.25) is 0 Å². The van der Waals surface area contributed by atoms with E-state index in [9.17, 15) is 15.0 Å². The Labute approximate surface area is 113 Å². The Balaban J connectivity index is 1.95. The molecule has 0 spiro atoms. The van der Waals surface area contributed by atoms with E-state index in [1.165, 1.54) is 31.0 Å². The molecule has 0 saturated carbocycles. The molecule has 0 unspecified atom stereocenters. The fourth-order valence-corrected chi connectivity index (χ4v) is 2.30. The molecule has 2 rings (SSSR count). The zero-order valence-corrected chi connectivity index (χ0v) is 11.2. The van der Waals surface area contributed by atoms with Gasteiger partial charge in [-0.05, 0) is 44.1 Å². The number of carbonyl (C=O) groups is 1. The predicted octanol–water partition coefficient (Wildman–Crippen LogP) is 1.27. The van der Waals surface area contributed by atoms with Crippen LogP contribution in [0.3, 0.4) is 0 Å². The molecule has 19 heavy (non-hydrogen) atoms. The van der Waals surface area contributed by atoms with Gasteiger partial charge >= 0.3 is 0 Å². The second-order valence-corrected chi connectivity index (χ2v) is 4.98. The highest BCUT2D eigenvalue weighted by atomic mass is 16.3. The molecule has 5 heteroatoms. The van der Waals surface area contributed by atoms with Crippen molar-refractivity contribution in [1.82, 2.24) is 9.80 Å². The van der Waals surface area contributed by atoms with E-state index in [1.54, 1.807) is 11.9 Å². The number of aromatic hydroxyl groups is 2. The summed E-state index contributed by atoms with van der Waals surface area (Å²) in [6.07, 6.45) is 2.45. The second kappa shape index (κ2) is 5.93. The number of nitrogens with zero attached hydrogens (tertiary/aromatic N) is 2. The summed E-state index contributed by atoms with van der Waals surface area (Å²) in [5.41, 5.74) is 0.143. The number of benzene rings is 1. The number of likely N-dealkylation sites (tertiary alicyclic amines) is 1. The van der Waals surface area contributed by atoms with Gasteiger partial charge in [0, 0.05) is 20.1 Å². The minimum Gasteiger partial charge on any atom is -0.508 e. The number of carbonyl (C=O) groups excluding carboxylic acids is 1. The van der Waals surface area contributed by atoms with E-state index in [2.05, 4.69) is 4.90 Å². The van der Waals surface area contributed by atoms with Crippen molar-refractivity contribution in [1.29, 1.82) is 0 Å². The summed E-state index contributed by atoms with van der Waals surface area (Å²) in [4.78, 5) is 16.1. The summed E-state index contributed by atoms with van der Waals surface area (Å²) in [5, 5.41) is 19.0. The normalized spacial score (nSPS) is 15.6. The van der Waals surface area contributed by atoms with Crippen LogP contribution in [-0.4, -0.2) is 59.1 Å². The molecule has 0 aliphatic carbocycles. The van der Waals surface area contributed by atoms with Crippen molar-refractivity contribution in [2.45, 2.75) is 12.8 Å². The average Bonchev–Trinajstić information content (AvgIpc) is 2.91. The zero-order chi connectivity index (χ0) is 13.8. The first-order chi connectivity index (χ1) is 9.08. The summed E-state index contributed by atoms with van der Waals surface area (Å²) >= 11 is 0. The lowest BCUT2D eigenvalue weighted by atomic mass is 10.1. The molecule has 0 bridgehead atoms. The number of likely N-dealkylation sites (N-methyl/N-ethyl adjacent to an activating group) is 1. The van der Waals surface area contributed by atoms with Gasteiger partial charge in [0.25, 0.3) is 5.91 Å². The minimum atomic E-state index is -0.271. The van der Waals surface area contributed by atoms with Crippen LogP contribution in [0, 0.1) is 0 Å². The van der Waals surface area contributed by atoms with Crippen molar-refractivity contribution in [3.63, 3.8) is 0 Å². The van der Waals surface area contributed by atoms with Crippen LogP contribution in [0.1, 0.15) is 23.2 Å². The number of phenolic OH excluding ortho intramolecular Hbond substituents is 2. The maximum absolute atomic E-state index is 12.2. The first kappa shape index (κ1) is 13.7. The highest BCUT2D eigenvalue weighted by Crippen LogP contribution is 2.23. The first-order valence-electron chi connectivity index (χ1n) is 6.58. The van der Waals surface area contributed by atoms with Crippen LogP contribution >= 0.6 is 0 Å². The van der Waals surface area contributed by atoms with Crippen LogP contribution in [0.25, 0.3) is 0 Å². The van der Waals surface area contributed by atoms with E-state index in [-0.39, 0.29) is 23.0 Å². The molecular formula is C14H20N2O3. The highest BCUT2D eigenvalue weighted by molar-refractivity contribution is 5.97. The fourth-order valence-electron chi connectivity index (χ4n) is 2.30. The third-order valence-corrected chi connectivity index (χ3v) is 3.51. The van der Waals surface area contributed by atoms with Crippen molar-refractivity contribution >= 4 is 5.91 Å². The summed E-state index contributed by atoms with van der Waals surface area (Å²) in [6, 6.07) is 3.98. The smallest absolute Gasteiger partial charge is 0.257 e. The Morgan fingerprint density at radius 2 is 2.00 bits per heavy atom. The maximum Gasteiger partial charge on any atom is 0.257 e. The van der Waals surface area contributed by atoms with Crippen LogP contribution < -0.4 is 0 Å². The lowest BCUT2D eigenvalue weighted by molar-refractivity contribution is 0.0779. The van der Waals surface area contributed by atoms with Gasteiger partial charge in [-0.3, -0.25) is 4.79 Å². The largest absolute Gasteiger partial charge is 0.508 e. The predicted molar refractivity (Wildman–Crippen MR) is 72.4 cm³/mol. The molecule has 1 aliphatic rings. The average molecular weight is 264 g/mol. The number of hydrogen-bond acceptors (Lipinski definition) is 4. The van der Waals surface area contributed by atoms with Crippen molar-refractivity contribution in [3.05, 3.63) is 23.8 Å². The van der Waals surface area contributed by atoms with E-state index in [1.807, 2.05) is 0 Å². The van der Waals surface area contributed by atoms with Crippen molar-refractivity contribution < 1.29 is 15.0 Å². The Bertz CT molecular complexity index is 456. The summed E-state index contributed by atoms with van der Waals surface area (Å²) in [5.74, 6) is -0.391. The lowest BCUT2D eigenvalue weighted by Gasteiger charge is -2.22. The summed E-state index contributed by atoms with van der Waals surface area (Å²) in [6.45, 7) is 3.66. The van der Waals surface area contributed by atoms with Gasteiger partial charge in [-0.25, -0.2) is 0 Å². The van der Waals surface area contributed by atoms with Gasteiger partial charge in [-0.15, -0.1) is 0 Å². The number of rotatable bonds is 4. The van der Waals surface area contributed by atoms with Crippen LogP contribution in [-0.2, 0) is 0 Å². The fraction of sp³-hybridized carbons (Fsp3) is 0.500. The van der Waals surface area contributed by atoms with Crippen molar-refractivity contribution in [2.24, 2.45) is 0 Å². The molecule has 0 aromatic heterocycles. The molecule has 1 aliphatic heterocycles. The molecule has 1 aromatic rings. The molecule has 1 aromatic carbocycles. The van der Waals surface area contributed by atoms with E-state index < -0.39 is 0 Å². The quantitative estimate of drug-likeness (QED) is 0.804. The molecule has 1 heterocycles. The van der Waals surface area contributed by atoms with Crippen LogP contribution in [0.4, 0.5) is 0 Å². The van der Waals surface area contributed by atoms with Crippen molar-refractivity contribution in [3.8, 4) is 11.5 Å². The number of phenols is 2. The first-order valence-corrected chi connectivity index (χ1v) is 6.58. The Kier molecular flexibility index (Phi) is 4.27. The third kappa shape index (κ3) is 3.38. The van der Waals surface area contributed by atoms with Gasteiger partial charge in [-0.1, -0.05) is 0 Å². The molecule has 104 valence electrons. The van der Waals surface area contributed by atoms with Gasteiger partial charge in [-0.2, -0.15) is 0 Å². The van der Waals surface area contributed by atoms with Gasteiger partial charge in [0.15, 0.2) is 0 Å². The Hall–Kier alpha value is -1.75. The molecule has 2 N–H and O–H groups in total. The molecular weight excluding hydrogens is 244 g/mol. The molecule has 0 radical (unpaired) electrons. The van der Waals surface area contributed by atoms with Crippen LogP contribution in [0.5, 0.6) is 11.5 Å². The molecule has 0 atom stereocenters. The lowest BCUT2D eigenvalue weighted by Crippen LogP contribution is -2.35. The van der Waals surface area contributed by atoms with E-state index in [0.717, 1.165) is 19.6 Å². The molecule has 1 amide bonds. The van der Waals surface area contributed by atoms with Crippen molar-refractivity contribution in [2.75, 3.05) is 33.2 Å².